The fourth-order valence-electron chi connectivity index (χ4n) is 2.84. The van der Waals surface area contributed by atoms with E-state index in [9.17, 15) is 16.8 Å². The van der Waals surface area contributed by atoms with Gasteiger partial charge >= 0.3 is 0 Å². The number of sulfonamides is 1. The summed E-state index contributed by atoms with van der Waals surface area (Å²) in [4.78, 5) is 4.18. The van der Waals surface area contributed by atoms with Gasteiger partial charge in [-0.1, -0.05) is 18.2 Å². The van der Waals surface area contributed by atoms with Gasteiger partial charge in [0.2, 0.25) is 0 Å². The maximum absolute atomic E-state index is 12.6. The van der Waals surface area contributed by atoms with Crippen molar-refractivity contribution in [2.75, 3.05) is 13.1 Å². The molecule has 24 heavy (non-hydrogen) atoms. The lowest BCUT2D eigenvalue weighted by atomic mass is 10.2. The van der Waals surface area contributed by atoms with Gasteiger partial charge in [0.25, 0.3) is 10.0 Å². The Morgan fingerprint density at radius 3 is 2.21 bits per heavy atom. The molecule has 7 nitrogen and oxygen atoms in total. The molecule has 1 aromatic carbocycles. The molecule has 1 saturated heterocycles. The van der Waals surface area contributed by atoms with Crippen molar-refractivity contribution in [3.63, 3.8) is 0 Å². The van der Waals surface area contributed by atoms with Crippen molar-refractivity contribution in [3.05, 3.63) is 42.9 Å². The number of piperidine rings is 1. The van der Waals surface area contributed by atoms with Crippen LogP contribution in [-0.4, -0.2) is 49.0 Å². The molecule has 2 heterocycles. The summed E-state index contributed by atoms with van der Waals surface area (Å²) in [5.41, 5.74) is 0. The first-order chi connectivity index (χ1) is 11.3. The normalized spacial score (nSPS) is 17.9. The van der Waals surface area contributed by atoms with Gasteiger partial charge < -0.3 is 4.57 Å². The van der Waals surface area contributed by atoms with Crippen LogP contribution in [0.1, 0.15) is 12.8 Å². The molecule has 1 fully saturated rings. The van der Waals surface area contributed by atoms with Crippen LogP contribution >= 0.6 is 0 Å². The molecule has 2 aromatic rings. The summed E-state index contributed by atoms with van der Waals surface area (Å²) >= 11 is 0. The molecular formula is C15H19N3O4S2. The SMILES string of the molecule is Cn1cnc(S(=O)(=O)N2CCC(S(=O)(=O)c3ccccc3)CC2)c1. The molecule has 0 amide bonds. The van der Waals surface area contributed by atoms with Gasteiger partial charge in [0.1, 0.15) is 0 Å². The number of hydrogen-bond acceptors (Lipinski definition) is 5. The fourth-order valence-corrected chi connectivity index (χ4v) is 6.03. The molecule has 0 radical (unpaired) electrons. The Balaban J connectivity index is 1.74. The first-order valence-corrected chi connectivity index (χ1v) is 10.6. The van der Waals surface area contributed by atoms with E-state index < -0.39 is 25.1 Å². The Labute approximate surface area is 141 Å². The van der Waals surface area contributed by atoms with Gasteiger partial charge in [-0.25, -0.2) is 21.8 Å². The third-order valence-corrected chi connectivity index (χ3v) is 8.26. The predicted molar refractivity (Wildman–Crippen MR) is 88.6 cm³/mol. The smallest absolute Gasteiger partial charge is 0.262 e. The summed E-state index contributed by atoms with van der Waals surface area (Å²) in [6.45, 7) is 0.352. The molecular weight excluding hydrogens is 350 g/mol. The van der Waals surface area contributed by atoms with Crippen LogP contribution in [0.15, 0.2) is 52.8 Å². The van der Waals surface area contributed by atoms with E-state index in [-0.39, 0.29) is 35.9 Å². The quantitative estimate of drug-likeness (QED) is 0.803. The van der Waals surface area contributed by atoms with E-state index in [1.54, 1.807) is 41.9 Å². The second-order valence-corrected chi connectivity index (χ2v) is 9.95. The zero-order valence-corrected chi connectivity index (χ0v) is 14.9. The first kappa shape index (κ1) is 17.1. The van der Waals surface area contributed by atoms with E-state index in [1.807, 2.05) is 0 Å². The molecule has 0 N–H and O–H groups in total. The average molecular weight is 369 g/mol. The Morgan fingerprint density at radius 2 is 1.67 bits per heavy atom. The van der Waals surface area contributed by atoms with Crippen LogP contribution in [-0.2, 0) is 26.9 Å². The van der Waals surface area contributed by atoms with Gasteiger partial charge in [-0.05, 0) is 25.0 Å². The molecule has 0 unspecified atom stereocenters. The Morgan fingerprint density at radius 1 is 1.04 bits per heavy atom. The third-order valence-electron chi connectivity index (χ3n) is 4.20. The van der Waals surface area contributed by atoms with Gasteiger partial charge in [0.15, 0.2) is 14.9 Å². The molecule has 1 aliphatic heterocycles. The molecule has 0 saturated carbocycles. The van der Waals surface area contributed by atoms with E-state index in [4.69, 9.17) is 0 Å². The summed E-state index contributed by atoms with van der Waals surface area (Å²) in [7, 11) is -5.40. The molecule has 3 rings (SSSR count). The highest BCUT2D eigenvalue weighted by Crippen LogP contribution is 2.27. The van der Waals surface area contributed by atoms with Crippen LogP contribution in [0.3, 0.4) is 0 Å². The molecule has 0 bridgehead atoms. The Hall–Kier alpha value is -1.71. The van der Waals surface area contributed by atoms with E-state index in [1.165, 1.54) is 16.8 Å². The topological polar surface area (TPSA) is 89.3 Å². The van der Waals surface area contributed by atoms with Gasteiger partial charge in [0.05, 0.1) is 16.5 Å². The highest BCUT2D eigenvalue weighted by Gasteiger charge is 2.36. The number of aromatic nitrogens is 2. The van der Waals surface area contributed by atoms with Crippen LogP contribution in [0.2, 0.25) is 0 Å². The monoisotopic (exact) mass is 369 g/mol. The molecule has 130 valence electrons. The summed E-state index contributed by atoms with van der Waals surface area (Å²) in [5.74, 6) is 0. The second-order valence-electron chi connectivity index (χ2n) is 5.84. The predicted octanol–water partition coefficient (Wildman–Crippen LogP) is 1.05. The molecule has 0 aliphatic carbocycles. The molecule has 0 atom stereocenters. The van der Waals surface area contributed by atoms with Gasteiger partial charge in [-0.2, -0.15) is 4.31 Å². The number of hydrogen-bond donors (Lipinski definition) is 0. The third kappa shape index (κ3) is 3.11. The Kier molecular flexibility index (Phi) is 4.50. The Bertz CT molecular complexity index is 913. The molecule has 9 heteroatoms. The van der Waals surface area contributed by atoms with E-state index >= 15 is 0 Å². The lowest BCUT2D eigenvalue weighted by molar-refractivity contribution is 0.344. The average Bonchev–Trinajstić information content (AvgIpc) is 3.03. The fraction of sp³-hybridized carbons (Fsp3) is 0.400. The minimum Gasteiger partial charge on any atom is -0.339 e. The summed E-state index contributed by atoms with van der Waals surface area (Å²) < 4.78 is 53.2. The number of sulfone groups is 1. The summed E-state index contributed by atoms with van der Waals surface area (Å²) in [6, 6.07) is 8.29. The van der Waals surface area contributed by atoms with Crippen molar-refractivity contribution in [2.24, 2.45) is 7.05 Å². The number of imidazole rings is 1. The number of aryl methyl sites for hydroxylation is 1. The maximum Gasteiger partial charge on any atom is 0.262 e. The summed E-state index contributed by atoms with van der Waals surface area (Å²) in [6.07, 6.45) is 3.44. The molecule has 1 aromatic heterocycles. The number of nitrogens with zero attached hydrogens (tertiary/aromatic N) is 3. The maximum atomic E-state index is 12.6. The number of benzene rings is 1. The van der Waals surface area contributed by atoms with Crippen LogP contribution in [0.25, 0.3) is 0 Å². The van der Waals surface area contributed by atoms with E-state index in [2.05, 4.69) is 4.98 Å². The van der Waals surface area contributed by atoms with Crippen LogP contribution < -0.4 is 0 Å². The first-order valence-electron chi connectivity index (χ1n) is 7.59. The van der Waals surface area contributed by atoms with E-state index in [0.717, 1.165) is 0 Å². The van der Waals surface area contributed by atoms with Crippen LogP contribution in [0.5, 0.6) is 0 Å². The van der Waals surface area contributed by atoms with Crippen molar-refractivity contribution >= 4 is 19.9 Å². The standard InChI is InChI=1S/C15H19N3O4S2/c1-17-11-15(16-12-17)24(21,22)18-9-7-14(8-10-18)23(19,20)13-5-3-2-4-6-13/h2-6,11-12,14H,7-10H2,1H3. The lowest BCUT2D eigenvalue weighted by Crippen LogP contribution is -2.42. The van der Waals surface area contributed by atoms with Crippen LogP contribution in [0.4, 0.5) is 0 Å². The van der Waals surface area contributed by atoms with Gasteiger partial charge in [0, 0.05) is 26.3 Å². The summed E-state index contributed by atoms with van der Waals surface area (Å²) in [5, 5.41) is -0.565. The second kappa shape index (κ2) is 6.30. The van der Waals surface area contributed by atoms with Crippen molar-refractivity contribution in [1.29, 1.82) is 0 Å². The minimum atomic E-state index is -3.67. The number of rotatable bonds is 4. The molecule has 0 spiro atoms. The van der Waals surface area contributed by atoms with Crippen molar-refractivity contribution in [3.8, 4) is 0 Å². The highest BCUT2D eigenvalue weighted by molar-refractivity contribution is 7.92. The highest BCUT2D eigenvalue weighted by atomic mass is 32.2. The minimum absolute atomic E-state index is 0.00522. The largest absolute Gasteiger partial charge is 0.339 e. The zero-order valence-electron chi connectivity index (χ0n) is 13.2. The van der Waals surface area contributed by atoms with Crippen molar-refractivity contribution < 1.29 is 16.8 Å². The van der Waals surface area contributed by atoms with E-state index in [0.29, 0.717) is 0 Å². The zero-order chi connectivity index (χ0) is 17.4. The van der Waals surface area contributed by atoms with Crippen LogP contribution in [0, 0.1) is 0 Å². The van der Waals surface area contributed by atoms with Crippen molar-refractivity contribution in [1.82, 2.24) is 13.9 Å². The van der Waals surface area contributed by atoms with Crippen molar-refractivity contribution in [2.45, 2.75) is 28.0 Å². The van der Waals surface area contributed by atoms with Gasteiger partial charge in [-0.3, -0.25) is 0 Å². The molecule has 1 aliphatic rings. The van der Waals surface area contributed by atoms with Gasteiger partial charge in [-0.15, -0.1) is 0 Å². The lowest BCUT2D eigenvalue weighted by Gasteiger charge is -2.30.